The van der Waals surface area contributed by atoms with Crippen LogP contribution in [0.3, 0.4) is 0 Å². The van der Waals surface area contributed by atoms with Crippen LogP contribution in [0.25, 0.3) is 5.69 Å². The van der Waals surface area contributed by atoms with Crippen LogP contribution in [0.15, 0.2) is 24.3 Å². The molecule has 2 aromatic rings. The third kappa shape index (κ3) is 1.52. The van der Waals surface area contributed by atoms with Gasteiger partial charge >= 0.3 is 0 Å². The van der Waals surface area contributed by atoms with E-state index >= 15 is 0 Å². The molecular formula is C13H16N4. The van der Waals surface area contributed by atoms with Crippen LogP contribution < -0.4 is 10.6 Å². The van der Waals surface area contributed by atoms with Gasteiger partial charge in [-0.3, -0.25) is 0 Å². The molecule has 88 valence electrons. The molecule has 0 fully saturated rings. The van der Waals surface area contributed by atoms with Crippen molar-refractivity contribution in [3.63, 3.8) is 0 Å². The SMILES string of the molecule is CNc1c2c(nn1-c1ccccc1C)CNC2. The molecule has 4 nitrogen and oxygen atoms in total. The summed E-state index contributed by atoms with van der Waals surface area (Å²) < 4.78 is 2.01. The highest BCUT2D eigenvalue weighted by Crippen LogP contribution is 2.27. The van der Waals surface area contributed by atoms with Gasteiger partial charge in [0, 0.05) is 25.7 Å². The van der Waals surface area contributed by atoms with E-state index in [1.807, 2.05) is 17.8 Å². The van der Waals surface area contributed by atoms with Crippen LogP contribution in [-0.4, -0.2) is 16.8 Å². The maximum Gasteiger partial charge on any atom is 0.134 e. The quantitative estimate of drug-likeness (QED) is 0.824. The fourth-order valence-electron chi connectivity index (χ4n) is 2.36. The van der Waals surface area contributed by atoms with Gasteiger partial charge in [-0.1, -0.05) is 18.2 Å². The van der Waals surface area contributed by atoms with Crippen molar-refractivity contribution in [3.8, 4) is 5.69 Å². The lowest BCUT2D eigenvalue weighted by Crippen LogP contribution is -2.09. The Bertz CT molecular complexity index is 557. The lowest BCUT2D eigenvalue weighted by atomic mass is 10.2. The zero-order valence-electron chi connectivity index (χ0n) is 10.1. The van der Waals surface area contributed by atoms with Crippen LogP contribution in [0.2, 0.25) is 0 Å². The summed E-state index contributed by atoms with van der Waals surface area (Å²) in [5.74, 6) is 1.10. The van der Waals surface area contributed by atoms with Gasteiger partial charge < -0.3 is 10.6 Å². The minimum absolute atomic E-state index is 0.864. The summed E-state index contributed by atoms with van der Waals surface area (Å²) in [5, 5.41) is 11.3. The van der Waals surface area contributed by atoms with E-state index in [1.165, 1.54) is 11.1 Å². The van der Waals surface area contributed by atoms with Gasteiger partial charge in [0.25, 0.3) is 0 Å². The van der Waals surface area contributed by atoms with Crippen LogP contribution in [0.4, 0.5) is 5.82 Å². The van der Waals surface area contributed by atoms with Crippen LogP contribution in [0.1, 0.15) is 16.8 Å². The molecule has 0 saturated carbocycles. The molecule has 0 unspecified atom stereocenters. The molecule has 0 saturated heterocycles. The number of nitrogens with zero attached hydrogens (tertiary/aromatic N) is 2. The Morgan fingerprint density at radius 2 is 2.12 bits per heavy atom. The Hall–Kier alpha value is -1.81. The minimum atomic E-state index is 0.864. The maximum atomic E-state index is 4.68. The lowest BCUT2D eigenvalue weighted by Gasteiger charge is -2.11. The zero-order chi connectivity index (χ0) is 11.8. The summed E-state index contributed by atoms with van der Waals surface area (Å²) in [7, 11) is 1.95. The van der Waals surface area contributed by atoms with Gasteiger partial charge in [-0.15, -0.1) is 0 Å². The molecular weight excluding hydrogens is 212 g/mol. The summed E-state index contributed by atoms with van der Waals surface area (Å²) in [5.41, 5.74) is 4.82. The van der Waals surface area contributed by atoms with Crippen LogP contribution in [-0.2, 0) is 13.1 Å². The van der Waals surface area contributed by atoms with E-state index in [-0.39, 0.29) is 0 Å². The molecule has 0 amide bonds. The number of hydrogen-bond donors (Lipinski definition) is 2. The normalized spacial score (nSPS) is 13.8. The summed E-state index contributed by atoms with van der Waals surface area (Å²) in [4.78, 5) is 0. The smallest absolute Gasteiger partial charge is 0.134 e. The highest BCUT2D eigenvalue weighted by atomic mass is 15.3. The number of hydrogen-bond acceptors (Lipinski definition) is 3. The highest BCUT2D eigenvalue weighted by Gasteiger charge is 2.22. The number of para-hydroxylation sites is 1. The van der Waals surface area contributed by atoms with Crippen molar-refractivity contribution >= 4 is 5.82 Å². The van der Waals surface area contributed by atoms with E-state index in [0.29, 0.717) is 0 Å². The van der Waals surface area contributed by atoms with E-state index in [9.17, 15) is 0 Å². The molecule has 1 aromatic heterocycles. The Balaban J connectivity index is 2.19. The largest absolute Gasteiger partial charge is 0.373 e. The van der Waals surface area contributed by atoms with Crippen molar-refractivity contribution in [2.75, 3.05) is 12.4 Å². The van der Waals surface area contributed by atoms with Crippen LogP contribution >= 0.6 is 0 Å². The van der Waals surface area contributed by atoms with Crippen molar-refractivity contribution in [1.29, 1.82) is 0 Å². The first-order valence-electron chi connectivity index (χ1n) is 5.86. The third-order valence-corrected chi connectivity index (χ3v) is 3.24. The fourth-order valence-corrected chi connectivity index (χ4v) is 2.36. The molecule has 0 radical (unpaired) electrons. The number of benzene rings is 1. The second-order valence-electron chi connectivity index (χ2n) is 4.33. The number of rotatable bonds is 2. The first kappa shape index (κ1) is 10.4. The van der Waals surface area contributed by atoms with Crippen LogP contribution in [0.5, 0.6) is 0 Å². The van der Waals surface area contributed by atoms with Crippen molar-refractivity contribution in [2.24, 2.45) is 0 Å². The number of anilines is 1. The maximum absolute atomic E-state index is 4.68. The van der Waals surface area contributed by atoms with Crippen LogP contribution in [0, 0.1) is 6.92 Å². The van der Waals surface area contributed by atoms with Crippen molar-refractivity contribution < 1.29 is 0 Å². The predicted octanol–water partition coefficient (Wildman–Crippen LogP) is 1.83. The predicted molar refractivity (Wildman–Crippen MR) is 68.4 cm³/mol. The van der Waals surface area contributed by atoms with E-state index in [4.69, 9.17) is 0 Å². The van der Waals surface area contributed by atoms with Gasteiger partial charge in [-0.25, -0.2) is 4.68 Å². The van der Waals surface area contributed by atoms with Gasteiger partial charge in [-0.05, 0) is 18.6 Å². The Morgan fingerprint density at radius 3 is 2.88 bits per heavy atom. The third-order valence-electron chi connectivity index (χ3n) is 3.24. The van der Waals surface area contributed by atoms with E-state index in [0.717, 1.165) is 30.3 Å². The Labute approximate surface area is 101 Å². The minimum Gasteiger partial charge on any atom is -0.373 e. The summed E-state index contributed by atoms with van der Waals surface area (Å²) in [6.45, 7) is 3.88. The van der Waals surface area contributed by atoms with Crippen molar-refractivity contribution in [3.05, 3.63) is 41.1 Å². The van der Waals surface area contributed by atoms with Gasteiger partial charge in [0.15, 0.2) is 0 Å². The van der Waals surface area contributed by atoms with Crippen molar-refractivity contribution in [1.82, 2.24) is 15.1 Å². The highest BCUT2D eigenvalue weighted by molar-refractivity contribution is 5.55. The molecule has 2 heterocycles. The molecule has 2 N–H and O–H groups in total. The van der Waals surface area contributed by atoms with Gasteiger partial charge in [0.2, 0.25) is 0 Å². The second-order valence-corrected chi connectivity index (χ2v) is 4.33. The molecule has 0 aliphatic carbocycles. The topological polar surface area (TPSA) is 41.9 Å². The molecule has 3 rings (SSSR count). The summed E-state index contributed by atoms with van der Waals surface area (Å²) in [6, 6.07) is 8.31. The van der Waals surface area contributed by atoms with E-state index in [1.54, 1.807) is 0 Å². The van der Waals surface area contributed by atoms with E-state index in [2.05, 4.69) is 40.9 Å². The van der Waals surface area contributed by atoms with Gasteiger partial charge in [0.05, 0.1) is 11.4 Å². The zero-order valence-corrected chi connectivity index (χ0v) is 10.1. The summed E-state index contributed by atoms with van der Waals surface area (Å²) >= 11 is 0. The second kappa shape index (κ2) is 3.89. The molecule has 1 aliphatic heterocycles. The number of aromatic nitrogens is 2. The van der Waals surface area contributed by atoms with Crippen molar-refractivity contribution in [2.45, 2.75) is 20.0 Å². The molecule has 4 heteroatoms. The lowest BCUT2D eigenvalue weighted by molar-refractivity contribution is 0.723. The molecule has 1 aromatic carbocycles. The Kier molecular flexibility index (Phi) is 2.37. The van der Waals surface area contributed by atoms with E-state index < -0.39 is 0 Å². The monoisotopic (exact) mass is 228 g/mol. The molecule has 17 heavy (non-hydrogen) atoms. The van der Waals surface area contributed by atoms with Gasteiger partial charge in [-0.2, -0.15) is 5.10 Å². The first-order chi connectivity index (χ1) is 8.31. The fraction of sp³-hybridized carbons (Fsp3) is 0.308. The Morgan fingerprint density at radius 1 is 1.29 bits per heavy atom. The number of fused-ring (bicyclic) bond motifs is 1. The van der Waals surface area contributed by atoms with Gasteiger partial charge in [0.1, 0.15) is 5.82 Å². The molecule has 0 atom stereocenters. The molecule has 1 aliphatic rings. The molecule has 0 bridgehead atoms. The number of nitrogens with one attached hydrogen (secondary N) is 2. The average Bonchev–Trinajstić information content (AvgIpc) is 2.89. The summed E-state index contributed by atoms with van der Waals surface area (Å²) in [6.07, 6.45) is 0. The standard InChI is InChI=1S/C13H16N4/c1-9-5-3-4-6-12(9)17-13(14-2)10-7-15-8-11(10)16-17/h3-6,14-15H,7-8H2,1-2H3. The number of aryl methyl sites for hydroxylation is 1. The average molecular weight is 228 g/mol. The first-order valence-corrected chi connectivity index (χ1v) is 5.86. The molecule has 0 spiro atoms.